The Balaban J connectivity index is 1.61. The van der Waals surface area contributed by atoms with Crippen LogP contribution in [0.3, 0.4) is 0 Å². The van der Waals surface area contributed by atoms with Crippen molar-refractivity contribution >= 4 is 26.6 Å². The predicted molar refractivity (Wildman–Crippen MR) is 122 cm³/mol. The number of hydrogen-bond acceptors (Lipinski definition) is 6. The lowest BCUT2D eigenvalue weighted by atomic mass is 10.0. The van der Waals surface area contributed by atoms with Crippen molar-refractivity contribution in [2.45, 2.75) is 10.8 Å². The normalized spacial score (nSPS) is 12.6. The van der Waals surface area contributed by atoms with Gasteiger partial charge in [-0.3, -0.25) is 4.98 Å². The molecule has 3 aromatic heterocycles. The van der Waals surface area contributed by atoms with Crippen molar-refractivity contribution in [1.82, 2.24) is 29.1 Å². The number of halogens is 2. The van der Waals surface area contributed by atoms with Crippen molar-refractivity contribution in [2.24, 2.45) is 0 Å². The van der Waals surface area contributed by atoms with Gasteiger partial charge in [-0.2, -0.15) is 18.4 Å². The summed E-state index contributed by atoms with van der Waals surface area (Å²) >= 11 is 0. The summed E-state index contributed by atoms with van der Waals surface area (Å²) in [5.74, 6) is -4.14. The van der Waals surface area contributed by atoms with Gasteiger partial charge >= 0.3 is 5.92 Å². The second kappa shape index (κ2) is 7.89. The van der Waals surface area contributed by atoms with Gasteiger partial charge in [0.2, 0.25) is 15.8 Å². The molecule has 11 heteroatoms. The fraction of sp³-hybridized carbons (Fsp3) is 0.130. The van der Waals surface area contributed by atoms with Crippen LogP contribution in [0.2, 0.25) is 0 Å². The number of pyridine rings is 1. The van der Waals surface area contributed by atoms with Crippen LogP contribution in [0, 0.1) is 0 Å². The van der Waals surface area contributed by atoms with Crippen LogP contribution < -0.4 is 0 Å². The minimum absolute atomic E-state index is 0.0657. The molecule has 2 aromatic carbocycles. The number of nitrogens with zero attached hydrogens (tertiary/aromatic N) is 6. The fourth-order valence-corrected chi connectivity index (χ4v) is 4.51. The molecule has 5 rings (SSSR count). The summed E-state index contributed by atoms with van der Waals surface area (Å²) in [5, 5.41) is 12.5. The summed E-state index contributed by atoms with van der Waals surface area (Å²) in [6.07, 6.45) is 1.59. The molecule has 8 nitrogen and oxygen atoms in total. The first kappa shape index (κ1) is 22.0. The van der Waals surface area contributed by atoms with Crippen molar-refractivity contribution in [3.8, 4) is 11.3 Å². The molecule has 0 aliphatic carbocycles. The van der Waals surface area contributed by atoms with Gasteiger partial charge in [-0.15, -0.1) is 10.2 Å². The number of hydrogen-bond donors (Lipinski definition) is 0. The lowest BCUT2D eigenvalue weighted by Crippen LogP contribution is -2.22. The maximum absolute atomic E-state index is 15.6. The van der Waals surface area contributed by atoms with E-state index in [-0.39, 0.29) is 16.1 Å². The number of aromatic nitrogens is 5. The molecule has 0 unspecified atom stereocenters. The van der Waals surface area contributed by atoms with Gasteiger partial charge in [-0.1, -0.05) is 24.3 Å². The summed E-state index contributed by atoms with van der Waals surface area (Å²) in [6, 6.07) is 16.8. The second-order valence-electron chi connectivity index (χ2n) is 7.81. The average molecular weight is 481 g/mol. The average Bonchev–Trinajstić information content (AvgIpc) is 3.28. The van der Waals surface area contributed by atoms with E-state index in [1.54, 1.807) is 36.5 Å². The molecule has 0 radical (unpaired) electrons. The van der Waals surface area contributed by atoms with Crippen molar-refractivity contribution in [3.63, 3.8) is 0 Å². The Kier molecular flexibility index (Phi) is 5.10. The Bertz CT molecular complexity index is 1650. The summed E-state index contributed by atoms with van der Waals surface area (Å²) in [6.45, 7) is 0. The first-order chi connectivity index (χ1) is 16.2. The SMILES string of the molecule is CN(C)S(=O)(=O)c1cccc(-c2ccc3nnc(C(F)(F)c4ccc5ncccc5c4)n3n2)c1. The van der Waals surface area contributed by atoms with E-state index < -0.39 is 21.8 Å². The molecule has 0 saturated carbocycles. The molecule has 0 amide bonds. The van der Waals surface area contributed by atoms with Crippen LogP contribution in [0.5, 0.6) is 0 Å². The minimum atomic E-state index is -3.68. The summed E-state index contributed by atoms with van der Waals surface area (Å²) in [5.41, 5.74) is 1.21. The molecule has 0 atom stereocenters. The van der Waals surface area contributed by atoms with E-state index >= 15 is 8.78 Å². The van der Waals surface area contributed by atoms with E-state index in [1.165, 1.54) is 50.5 Å². The zero-order valence-corrected chi connectivity index (χ0v) is 18.9. The van der Waals surface area contributed by atoms with E-state index in [9.17, 15) is 8.42 Å². The van der Waals surface area contributed by atoms with Crippen LogP contribution >= 0.6 is 0 Å². The smallest absolute Gasteiger partial charge is 0.256 e. The van der Waals surface area contributed by atoms with Gasteiger partial charge < -0.3 is 0 Å². The van der Waals surface area contributed by atoms with Crippen molar-refractivity contribution < 1.29 is 17.2 Å². The molecule has 0 aliphatic heterocycles. The number of alkyl halides is 2. The molecule has 34 heavy (non-hydrogen) atoms. The molecule has 0 N–H and O–H groups in total. The van der Waals surface area contributed by atoms with Crippen molar-refractivity contribution in [3.05, 3.63) is 84.3 Å². The Morgan fingerprint density at radius 1 is 0.941 bits per heavy atom. The lowest BCUT2D eigenvalue weighted by Gasteiger charge is -2.15. The minimum Gasteiger partial charge on any atom is -0.256 e. The van der Waals surface area contributed by atoms with E-state index in [0.29, 0.717) is 22.2 Å². The third-order valence-corrected chi connectivity index (χ3v) is 7.23. The Labute approximate surface area is 193 Å². The zero-order chi connectivity index (χ0) is 24.1. The standard InChI is InChI=1S/C23H18F2N6O2S/c1-30(2)34(32,33)18-7-3-5-16(14-18)20-10-11-21-27-28-22(31(21)29-20)23(24,25)17-8-9-19-15(13-17)6-4-12-26-19/h3-14H,1-2H3. The molecule has 0 fully saturated rings. The summed E-state index contributed by atoms with van der Waals surface area (Å²) in [4.78, 5) is 4.23. The van der Waals surface area contributed by atoms with Gasteiger partial charge in [0.15, 0.2) is 5.65 Å². The van der Waals surface area contributed by atoms with Crippen LogP contribution in [0.25, 0.3) is 27.8 Å². The molecule has 0 bridgehead atoms. The first-order valence-corrected chi connectivity index (χ1v) is 11.6. The molecule has 0 aliphatic rings. The molecular weight excluding hydrogens is 462 g/mol. The molecule has 0 spiro atoms. The fourth-order valence-electron chi connectivity index (χ4n) is 3.57. The largest absolute Gasteiger partial charge is 0.333 e. The van der Waals surface area contributed by atoms with Gasteiger partial charge in [0.25, 0.3) is 0 Å². The van der Waals surface area contributed by atoms with Crippen LogP contribution in [-0.2, 0) is 15.9 Å². The lowest BCUT2D eigenvalue weighted by molar-refractivity contribution is 0.0307. The zero-order valence-electron chi connectivity index (χ0n) is 18.1. The monoisotopic (exact) mass is 480 g/mol. The number of benzene rings is 2. The van der Waals surface area contributed by atoms with Gasteiger partial charge in [0.05, 0.1) is 16.1 Å². The Morgan fingerprint density at radius 3 is 2.56 bits per heavy atom. The molecular formula is C23H18F2N6O2S. The highest BCUT2D eigenvalue weighted by Gasteiger charge is 2.40. The van der Waals surface area contributed by atoms with Gasteiger partial charge in [0, 0.05) is 36.8 Å². The molecule has 5 aromatic rings. The Morgan fingerprint density at radius 2 is 1.76 bits per heavy atom. The van der Waals surface area contributed by atoms with Crippen LogP contribution in [0.4, 0.5) is 8.78 Å². The number of sulfonamides is 1. The first-order valence-electron chi connectivity index (χ1n) is 10.2. The van der Waals surface area contributed by atoms with Crippen LogP contribution in [0.15, 0.2) is 77.8 Å². The van der Waals surface area contributed by atoms with Crippen LogP contribution in [0.1, 0.15) is 11.4 Å². The third kappa shape index (κ3) is 3.58. The molecule has 0 saturated heterocycles. The quantitative estimate of drug-likeness (QED) is 0.381. The topological polar surface area (TPSA) is 93.4 Å². The third-order valence-electron chi connectivity index (χ3n) is 5.42. The summed E-state index contributed by atoms with van der Waals surface area (Å²) < 4.78 is 58.2. The maximum atomic E-state index is 15.6. The van der Waals surface area contributed by atoms with E-state index in [2.05, 4.69) is 20.3 Å². The molecule has 172 valence electrons. The highest BCUT2D eigenvalue weighted by Crippen LogP contribution is 2.36. The number of fused-ring (bicyclic) bond motifs is 2. The van der Waals surface area contributed by atoms with Gasteiger partial charge in [0.1, 0.15) is 0 Å². The summed E-state index contributed by atoms with van der Waals surface area (Å²) in [7, 11) is -0.813. The number of rotatable bonds is 5. The van der Waals surface area contributed by atoms with E-state index in [1.807, 2.05) is 0 Å². The predicted octanol–water partition coefficient (Wildman–Crippen LogP) is 3.73. The maximum Gasteiger partial charge on any atom is 0.333 e. The molecule has 3 heterocycles. The highest BCUT2D eigenvalue weighted by molar-refractivity contribution is 7.89. The highest BCUT2D eigenvalue weighted by atomic mass is 32.2. The van der Waals surface area contributed by atoms with Gasteiger partial charge in [-0.25, -0.2) is 12.7 Å². The van der Waals surface area contributed by atoms with E-state index in [4.69, 9.17) is 0 Å². The van der Waals surface area contributed by atoms with Gasteiger partial charge in [-0.05, 0) is 42.5 Å². The second-order valence-corrected chi connectivity index (χ2v) is 9.96. The van der Waals surface area contributed by atoms with Crippen molar-refractivity contribution in [1.29, 1.82) is 0 Å². The van der Waals surface area contributed by atoms with E-state index in [0.717, 1.165) is 8.82 Å². The van der Waals surface area contributed by atoms with Crippen molar-refractivity contribution in [2.75, 3.05) is 14.1 Å². The van der Waals surface area contributed by atoms with Crippen LogP contribution in [-0.4, -0.2) is 51.6 Å². The Hall–Kier alpha value is -3.83.